The van der Waals surface area contributed by atoms with Crippen molar-refractivity contribution in [1.82, 2.24) is 0 Å². The van der Waals surface area contributed by atoms with E-state index in [0.717, 1.165) is 66.7 Å². The van der Waals surface area contributed by atoms with Gasteiger partial charge in [0.25, 0.3) is 0 Å². The molecule has 0 spiro atoms. The number of rotatable bonds is 8. The fraction of sp³-hybridized carbons (Fsp3) is 0.667. The first kappa shape index (κ1) is 24.6. The molecular weight excluding hydrogens is 402 g/mol. The summed E-state index contributed by atoms with van der Waals surface area (Å²) in [6.07, 6.45) is 5.80. The fourth-order valence-corrected chi connectivity index (χ4v) is 5.33. The normalized spacial score (nSPS) is 21.7. The van der Waals surface area contributed by atoms with E-state index in [1.807, 2.05) is 6.07 Å². The molecule has 1 heterocycles. The van der Waals surface area contributed by atoms with Gasteiger partial charge in [-0.3, -0.25) is 4.48 Å². The monoisotopic (exact) mass is 444 g/mol. The third-order valence-corrected chi connectivity index (χ3v) is 7.71. The fourth-order valence-electron chi connectivity index (χ4n) is 5.33. The molecule has 2 atom stereocenters. The van der Waals surface area contributed by atoms with Gasteiger partial charge in [0.2, 0.25) is 6.73 Å². The number of fused-ring (bicyclic) bond motifs is 3. The Hall–Kier alpha value is -2.01. The van der Waals surface area contributed by atoms with Gasteiger partial charge in [0, 0.05) is 17.4 Å². The van der Waals surface area contributed by atoms with Crippen LogP contribution in [-0.4, -0.2) is 42.6 Å². The molecule has 1 aliphatic heterocycles. The van der Waals surface area contributed by atoms with Crippen molar-refractivity contribution < 1.29 is 23.5 Å². The number of hydrogen-bond donors (Lipinski definition) is 0. The third-order valence-electron chi connectivity index (χ3n) is 7.71. The number of carbonyl (C=O) groups excluding carboxylic acids is 1. The van der Waals surface area contributed by atoms with Crippen molar-refractivity contribution in [2.24, 2.45) is 5.92 Å². The van der Waals surface area contributed by atoms with E-state index >= 15 is 0 Å². The molecule has 0 saturated carbocycles. The molecule has 1 aromatic carbocycles. The second-order valence-electron chi connectivity index (χ2n) is 10.1. The van der Waals surface area contributed by atoms with Gasteiger partial charge >= 0.3 is 6.16 Å². The molecule has 1 aromatic rings. The van der Waals surface area contributed by atoms with Crippen molar-refractivity contribution in [2.75, 3.05) is 26.4 Å². The summed E-state index contributed by atoms with van der Waals surface area (Å²) >= 11 is 0. The Balaban J connectivity index is 1.95. The molecule has 32 heavy (non-hydrogen) atoms. The molecule has 0 bridgehead atoms. The minimum atomic E-state index is -0.628. The van der Waals surface area contributed by atoms with Crippen LogP contribution in [0.1, 0.15) is 84.8 Å². The Kier molecular flexibility index (Phi) is 7.59. The minimum Gasteiger partial charge on any atom is -0.487 e. The van der Waals surface area contributed by atoms with Crippen LogP contribution in [0, 0.1) is 5.92 Å². The van der Waals surface area contributed by atoms with E-state index in [-0.39, 0.29) is 11.5 Å². The van der Waals surface area contributed by atoms with Crippen molar-refractivity contribution >= 4 is 6.16 Å². The summed E-state index contributed by atoms with van der Waals surface area (Å²) in [6.45, 7) is 18.2. The predicted octanol–water partition coefficient (Wildman–Crippen LogP) is 6.60. The highest BCUT2D eigenvalue weighted by Crippen LogP contribution is 2.53. The lowest BCUT2D eigenvalue weighted by Gasteiger charge is -2.46. The second kappa shape index (κ2) is 9.86. The SMILES string of the molecule is CCCc1cc(OC(=O)OC[N+](CC)(CC)CC)c2c(c1)OC(C)(C)C1CCC(C)=CC21. The first-order valence-electron chi connectivity index (χ1n) is 12.4. The molecule has 0 amide bonds. The number of aryl methyl sites for hydroxylation is 1. The largest absolute Gasteiger partial charge is 0.518 e. The zero-order valence-corrected chi connectivity index (χ0v) is 21.1. The van der Waals surface area contributed by atoms with Crippen LogP contribution in [-0.2, 0) is 11.2 Å². The Morgan fingerprint density at radius 2 is 1.84 bits per heavy atom. The van der Waals surface area contributed by atoms with Crippen LogP contribution in [0.3, 0.4) is 0 Å². The molecule has 2 unspecified atom stereocenters. The smallest absolute Gasteiger partial charge is 0.487 e. The Morgan fingerprint density at radius 3 is 2.47 bits per heavy atom. The maximum Gasteiger partial charge on any atom is 0.518 e. The first-order valence-corrected chi connectivity index (χ1v) is 12.4. The van der Waals surface area contributed by atoms with Crippen molar-refractivity contribution in [3.63, 3.8) is 0 Å². The Morgan fingerprint density at radius 1 is 1.16 bits per heavy atom. The second-order valence-corrected chi connectivity index (χ2v) is 10.1. The molecule has 2 aliphatic rings. The van der Waals surface area contributed by atoms with E-state index < -0.39 is 6.16 Å². The van der Waals surface area contributed by atoms with Crippen LogP contribution in [0.2, 0.25) is 0 Å². The van der Waals surface area contributed by atoms with Gasteiger partial charge in [0.05, 0.1) is 19.6 Å². The minimum absolute atomic E-state index is 0.178. The number of hydrogen-bond acceptors (Lipinski definition) is 4. The highest BCUT2D eigenvalue weighted by atomic mass is 16.7. The lowest BCUT2D eigenvalue weighted by atomic mass is 9.68. The van der Waals surface area contributed by atoms with Crippen LogP contribution in [0.5, 0.6) is 11.5 Å². The van der Waals surface area contributed by atoms with Gasteiger partial charge in [0.15, 0.2) is 0 Å². The Labute approximate surface area is 194 Å². The van der Waals surface area contributed by atoms with Crippen LogP contribution < -0.4 is 9.47 Å². The zero-order chi connectivity index (χ0) is 23.5. The molecule has 0 saturated heterocycles. The molecule has 1 aliphatic carbocycles. The molecule has 0 radical (unpaired) electrons. The van der Waals surface area contributed by atoms with E-state index in [4.69, 9.17) is 14.2 Å². The lowest BCUT2D eigenvalue weighted by Crippen LogP contribution is -2.49. The number of allylic oxidation sites excluding steroid dienone is 2. The maximum atomic E-state index is 12.8. The first-order chi connectivity index (χ1) is 15.2. The third kappa shape index (κ3) is 4.98. The highest BCUT2D eigenvalue weighted by Gasteiger charge is 2.45. The van der Waals surface area contributed by atoms with Crippen molar-refractivity contribution in [3.05, 3.63) is 34.9 Å². The quantitative estimate of drug-likeness (QED) is 0.149. The number of nitrogens with zero attached hydrogens (tertiary/aromatic N) is 1. The highest BCUT2D eigenvalue weighted by molar-refractivity contribution is 5.67. The van der Waals surface area contributed by atoms with Crippen molar-refractivity contribution in [3.8, 4) is 11.5 Å². The molecule has 5 heteroatoms. The average molecular weight is 445 g/mol. The summed E-state index contributed by atoms with van der Waals surface area (Å²) in [7, 11) is 0. The molecule has 3 rings (SSSR count). The molecule has 178 valence electrons. The molecule has 0 N–H and O–H groups in total. The maximum absolute atomic E-state index is 12.8. The van der Waals surface area contributed by atoms with Crippen LogP contribution in [0.25, 0.3) is 0 Å². The van der Waals surface area contributed by atoms with Crippen molar-refractivity contribution in [2.45, 2.75) is 85.7 Å². The summed E-state index contributed by atoms with van der Waals surface area (Å²) in [5.74, 6) is 1.96. The van der Waals surface area contributed by atoms with Gasteiger partial charge < -0.3 is 14.2 Å². The van der Waals surface area contributed by atoms with Crippen LogP contribution in [0.4, 0.5) is 4.79 Å². The number of carbonyl (C=O) groups is 1. The number of benzene rings is 1. The molecule has 0 fully saturated rings. The Bertz CT molecular complexity index is 845. The van der Waals surface area contributed by atoms with E-state index in [0.29, 0.717) is 18.4 Å². The molecule has 0 aromatic heterocycles. The van der Waals surface area contributed by atoms with Crippen LogP contribution in [0.15, 0.2) is 23.8 Å². The van der Waals surface area contributed by atoms with Gasteiger partial charge in [-0.25, -0.2) is 4.79 Å². The van der Waals surface area contributed by atoms with E-state index in [1.165, 1.54) is 5.57 Å². The van der Waals surface area contributed by atoms with Gasteiger partial charge in [-0.1, -0.05) is 25.0 Å². The van der Waals surface area contributed by atoms with Crippen LogP contribution >= 0.6 is 0 Å². The topological polar surface area (TPSA) is 44.8 Å². The molecule has 5 nitrogen and oxygen atoms in total. The number of quaternary nitrogens is 1. The number of ether oxygens (including phenoxy) is 3. The summed E-state index contributed by atoms with van der Waals surface area (Å²) in [5.41, 5.74) is 3.24. The van der Waals surface area contributed by atoms with Gasteiger partial charge in [-0.2, -0.15) is 0 Å². The van der Waals surface area contributed by atoms with E-state index in [1.54, 1.807) is 0 Å². The van der Waals surface area contributed by atoms with E-state index in [2.05, 4.69) is 60.6 Å². The van der Waals surface area contributed by atoms with E-state index in [9.17, 15) is 4.79 Å². The van der Waals surface area contributed by atoms with Gasteiger partial charge in [-0.15, -0.1) is 0 Å². The summed E-state index contributed by atoms with van der Waals surface area (Å²) in [5, 5.41) is 0. The predicted molar refractivity (Wildman–Crippen MR) is 128 cm³/mol. The van der Waals surface area contributed by atoms with Crippen molar-refractivity contribution in [1.29, 1.82) is 0 Å². The average Bonchev–Trinajstić information content (AvgIpc) is 2.74. The molecular formula is C27H42NO4+. The van der Waals surface area contributed by atoms with Gasteiger partial charge in [0.1, 0.15) is 17.1 Å². The van der Waals surface area contributed by atoms with Gasteiger partial charge in [-0.05, 0) is 78.5 Å². The standard InChI is InChI=1S/C27H42NO4/c1-8-12-20-16-23(31-26(29)30-18-28(9-2,10-3)11-4)25-21-15-19(5)13-14-22(21)27(6,7)32-24(25)17-20/h15-17,21-22H,8-14,18H2,1-7H3/q+1. The lowest BCUT2D eigenvalue weighted by molar-refractivity contribution is -0.939. The summed E-state index contributed by atoms with van der Waals surface area (Å²) in [4.78, 5) is 12.8. The summed E-state index contributed by atoms with van der Waals surface area (Å²) < 4.78 is 18.8. The zero-order valence-electron chi connectivity index (χ0n) is 21.1. The summed E-state index contributed by atoms with van der Waals surface area (Å²) in [6, 6.07) is 4.15.